The number of amides is 2. The normalized spacial score (nSPS) is 15.8. The van der Waals surface area contributed by atoms with Crippen LogP contribution in [0.2, 0.25) is 0 Å². The fourth-order valence-corrected chi connectivity index (χ4v) is 4.77. The summed E-state index contributed by atoms with van der Waals surface area (Å²) >= 11 is 1.37. The summed E-state index contributed by atoms with van der Waals surface area (Å²) in [7, 11) is 1.64. The number of para-hydroxylation sites is 1. The van der Waals surface area contributed by atoms with E-state index in [0.717, 1.165) is 36.4 Å². The molecule has 1 saturated heterocycles. The summed E-state index contributed by atoms with van der Waals surface area (Å²) < 4.78 is 5.23. The molecule has 1 fully saturated rings. The molecule has 0 saturated carbocycles. The molecule has 1 atom stereocenters. The number of aromatic nitrogens is 1. The van der Waals surface area contributed by atoms with Crippen LogP contribution in [0, 0.1) is 0 Å². The summed E-state index contributed by atoms with van der Waals surface area (Å²) in [5.41, 5.74) is 2.53. The second-order valence-corrected chi connectivity index (χ2v) is 8.38. The van der Waals surface area contributed by atoms with E-state index >= 15 is 0 Å². The number of rotatable bonds is 6. The highest BCUT2D eigenvalue weighted by molar-refractivity contribution is 7.14. The monoisotopic (exact) mass is 447 g/mol. The van der Waals surface area contributed by atoms with Crippen LogP contribution in [0.1, 0.15) is 37.1 Å². The lowest BCUT2D eigenvalue weighted by Crippen LogP contribution is -2.28. The molecule has 2 amide bonds. The van der Waals surface area contributed by atoms with Gasteiger partial charge in [-0.25, -0.2) is 4.98 Å². The van der Waals surface area contributed by atoms with Crippen molar-refractivity contribution in [1.82, 2.24) is 9.88 Å². The van der Waals surface area contributed by atoms with Crippen LogP contribution in [0.25, 0.3) is 6.08 Å². The van der Waals surface area contributed by atoms with Gasteiger partial charge >= 0.3 is 0 Å². The third kappa shape index (κ3) is 4.73. The first-order valence-electron chi connectivity index (χ1n) is 10.5. The number of methoxy groups -OCH3 is 1. The van der Waals surface area contributed by atoms with Crippen molar-refractivity contribution in [2.24, 2.45) is 0 Å². The topological polar surface area (TPSA) is 62.7 Å². The summed E-state index contributed by atoms with van der Waals surface area (Å²) in [6.45, 7) is 2.24. The zero-order valence-electron chi connectivity index (χ0n) is 18.1. The highest BCUT2D eigenvalue weighted by Crippen LogP contribution is 2.33. The highest BCUT2D eigenvalue weighted by atomic mass is 32.1. The lowest BCUT2D eigenvalue weighted by Gasteiger charge is -2.24. The molecule has 0 spiro atoms. The van der Waals surface area contributed by atoms with Crippen molar-refractivity contribution in [3.8, 4) is 5.75 Å². The number of likely N-dealkylation sites (tertiary alicyclic amines) is 1. The Kier molecular flexibility index (Phi) is 6.66. The number of hydrogen-bond acceptors (Lipinski definition) is 5. The van der Waals surface area contributed by atoms with E-state index in [9.17, 15) is 9.59 Å². The molecule has 4 rings (SSSR count). The van der Waals surface area contributed by atoms with Crippen LogP contribution in [-0.2, 0) is 9.59 Å². The first-order valence-corrected chi connectivity index (χ1v) is 11.4. The van der Waals surface area contributed by atoms with E-state index in [4.69, 9.17) is 4.74 Å². The van der Waals surface area contributed by atoms with Gasteiger partial charge in [-0.1, -0.05) is 30.3 Å². The molecule has 2 aromatic carbocycles. The van der Waals surface area contributed by atoms with Crippen molar-refractivity contribution in [1.29, 1.82) is 0 Å². The van der Waals surface area contributed by atoms with Crippen molar-refractivity contribution < 1.29 is 14.3 Å². The minimum absolute atomic E-state index is 0.0376. The van der Waals surface area contributed by atoms with Crippen molar-refractivity contribution in [3.63, 3.8) is 0 Å². The van der Waals surface area contributed by atoms with Crippen molar-refractivity contribution >= 4 is 40.0 Å². The maximum atomic E-state index is 12.9. The van der Waals surface area contributed by atoms with Gasteiger partial charge in [-0.2, -0.15) is 0 Å². The number of benzene rings is 2. The van der Waals surface area contributed by atoms with Gasteiger partial charge in [0.2, 0.25) is 11.8 Å². The van der Waals surface area contributed by atoms with Crippen LogP contribution < -0.4 is 9.64 Å². The van der Waals surface area contributed by atoms with Gasteiger partial charge in [0.1, 0.15) is 5.75 Å². The molecular weight excluding hydrogens is 422 g/mol. The molecule has 3 aromatic rings. The van der Waals surface area contributed by atoms with Gasteiger partial charge < -0.3 is 9.64 Å². The van der Waals surface area contributed by atoms with E-state index in [2.05, 4.69) is 4.98 Å². The Morgan fingerprint density at radius 1 is 1.16 bits per heavy atom. The van der Waals surface area contributed by atoms with E-state index in [1.54, 1.807) is 24.2 Å². The molecule has 32 heavy (non-hydrogen) atoms. The predicted octanol–water partition coefficient (Wildman–Crippen LogP) is 5.21. The van der Waals surface area contributed by atoms with Gasteiger partial charge in [-0.15, -0.1) is 11.3 Å². The molecule has 7 heteroatoms. The number of ether oxygens (including phenoxy) is 1. The Morgan fingerprint density at radius 3 is 2.59 bits per heavy atom. The first kappa shape index (κ1) is 21.8. The third-order valence-corrected chi connectivity index (χ3v) is 6.31. The van der Waals surface area contributed by atoms with E-state index < -0.39 is 0 Å². The molecular formula is C25H25N3O3S. The van der Waals surface area contributed by atoms with Crippen molar-refractivity contribution in [3.05, 3.63) is 77.3 Å². The van der Waals surface area contributed by atoms with Crippen LogP contribution in [0.15, 0.2) is 66.1 Å². The smallest absolute Gasteiger partial charge is 0.247 e. The molecule has 0 N–H and O–H groups in total. The molecule has 0 radical (unpaired) electrons. The Bertz CT molecular complexity index is 1110. The third-order valence-electron chi connectivity index (χ3n) is 5.46. The molecule has 1 aliphatic rings. The van der Waals surface area contributed by atoms with Crippen LogP contribution in [0.3, 0.4) is 0 Å². The molecule has 2 heterocycles. The molecule has 0 bridgehead atoms. The maximum Gasteiger partial charge on any atom is 0.247 e. The summed E-state index contributed by atoms with van der Waals surface area (Å²) in [5.74, 6) is 0.653. The minimum atomic E-state index is -0.114. The van der Waals surface area contributed by atoms with Gasteiger partial charge in [0.15, 0.2) is 5.13 Å². The molecule has 1 aromatic heterocycles. The highest BCUT2D eigenvalue weighted by Gasteiger charge is 2.28. The standard InChI is InChI=1S/C25H25N3O3S/c1-18(29)28(21-7-4-3-5-8-21)25-26-20(17-32-25)12-15-24(30)27-16-6-9-23(27)19-10-13-22(31-2)14-11-19/h3-5,7-8,10-15,17,23H,6,9,16H2,1-2H3/b15-12+. The summed E-state index contributed by atoms with van der Waals surface area (Å²) in [4.78, 5) is 33.2. The van der Waals surface area contributed by atoms with Gasteiger partial charge in [0, 0.05) is 24.9 Å². The van der Waals surface area contributed by atoms with Crippen molar-refractivity contribution in [2.75, 3.05) is 18.6 Å². The average molecular weight is 448 g/mol. The summed E-state index contributed by atoms with van der Waals surface area (Å²) in [6.07, 6.45) is 5.20. The summed E-state index contributed by atoms with van der Waals surface area (Å²) in [6, 6.07) is 17.4. The summed E-state index contributed by atoms with van der Waals surface area (Å²) in [5, 5.41) is 2.43. The van der Waals surface area contributed by atoms with Crippen LogP contribution in [0.4, 0.5) is 10.8 Å². The number of hydrogen-bond donors (Lipinski definition) is 0. The number of carbonyl (C=O) groups excluding carboxylic acids is 2. The van der Waals surface area contributed by atoms with Gasteiger partial charge in [-0.3, -0.25) is 14.5 Å². The molecule has 1 unspecified atom stereocenters. The second-order valence-electron chi connectivity index (χ2n) is 7.54. The Balaban J connectivity index is 1.48. The molecule has 6 nitrogen and oxygen atoms in total. The van der Waals surface area contributed by atoms with Gasteiger partial charge in [0.25, 0.3) is 0 Å². The average Bonchev–Trinajstić information content (AvgIpc) is 3.48. The number of nitrogens with zero attached hydrogens (tertiary/aromatic N) is 3. The largest absolute Gasteiger partial charge is 0.497 e. The Labute approximate surface area is 191 Å². The Morgan fingerprint density at radius 2 is 1.91 bits per heavy atom. The molecule has 164 valence electrons. The lowest BCUT2D eigenvalue weighted by atomic mass is 10.0. The van der Waals surface area contributed by atoms with E-state index in [-0.39, 0.29) is 17.9 Å². The number of anilines is 2. The SMILES string of the molecule is COc1ccc(C2CCCN2C(=O)/C=C/c2csc(N(C(C)=O)c3ccccc3)n2)cc1. The van der Waals surface area contributed by atoms with Crippen LogP contribution in [0.5, 0.6) is 5.75 Å². The van der Waals surface area contributed by atoms with Crippen molar-refractivity contribution in [2.45, 2.75) is 25.8 Å². The van der Waals surface area contributed by atoms with E-state index in [0.29, 0.717) is 10.8 Å². The quantitative estimate of drug-likeness (QED) is 0.487. The fraction of sp³-hybridized carbons (Fsp3) is 0.240. The zero-order chi connectivity index (χ0) is 22.5. The lowest BCUT2D eigenvalue weighted by molar-refractivity contribution is -0.126. The first-order chi connectivity index (χ1) is 15.6. The van der Waals surface area contributed by atoms with Gasteiger partial charge in [0.05, 0.1) is 24.5 Å². The molecule has 0 aliphatic carbocycles. The van der Waals surface area contributed by atoms with Crippen LogP contribution >= 0.6 is 11.3 Å². The van der Waals surface area contributed by atoms with E-state index in [1.165, 1.54) is 18.3 Å². The minimum Gasteiger partial charge on any atom is -0.497 e. The maximum absolute atomic E-state index is 12.9. The Hall–Kier alpha value is -3.45. The number of thiazole rings is 1. The number of carbonyl (C=O) groups is 2. The predicted molar refractivity (Wildman–Crippen MR) is 127 cm³/mol. The van der Waals surface area contributed by atoms with E-state index in [1.807, 2.05) is 64.9 Å². The second kappa shape index (κ2) is 9.78. The van der Waals surface area contributed by atoms with Gasteiger partial charge in [-0.05, 0) is 48.7 Å². The fourth-order valence-electron chi connectivity index (χ4n) is 3.91. The molecule has 1 aliphatic heterocycles. The van der Waals surface area contributed by atoms with Crippen LogP contribution in [-0.4, -0.2) is 35.4 Å². The zero-order valence-corrected chi connectivity index (χ0v) is 18.9.